The molecule has 0 fully saturated rings. The molecule has 110 valence electrons. The lowest BCUT2D eigenvalue weighted by Gasteiger charge is -2.08. The molecule has 0 radical (unpaired) electrons. The summed E-state index contributed by atoms with van der Waals surface area (Å²) in [6.07, 6.45) is 1.56. The van der Waals surface area contributed by atoms with Gasteiger partial charge in [-0.25, -0.2) is 9.78 Å². The van der Waals surface area contributed by atoms with E-state index < -0.39 is 5.97 Å². The van der Waals surface area contributed by atoms with Crippen LogP contribution in [0.3, 0.4) is 0 Å². The molecule has 22 heavy (non-hydrogen) atoms. The molecule has 0 atom stereocenters. The van der Waals surface area contributed by atoms with Crippen LogP contribution in [0.1, 0.15) is 10.4 Å². The Balaban J connectivity index is 1.96. The number of ether oxygens (including phenoxy) is 1. The summed E-state index contributed by atoms with van der Waals surface area (Å²) >= 11 is 6.09. The summed E-state index contributed by atoms with van der Waals surface area (Å²) in [7, 11) is 0. The highest BCUT2D eigenvalue weighted by molar-refractivity contribution is 6.32. The van der Waals surface area contributed by atoms with Crippen molar-refractivity contribution >= 4 is 23.4 Å². The van der Waals surface area contributed by atoms with Crippen LogP contribution in [0.25, 0.3) is 5.82 Å². The molecule has 1 aromatic carbocycles. The highest BCUT2D eigenvalue weighted by Crippen LogP contribution is 2.25. The average Bonchev–Trinajstić information content (AvgIpc) is 2.89. The van der Waals surface area contributed by atoms with Crippen molar-refractivity contribution in [3.8, 4) is 11.7 Å². The third-order valence-electron chi connectivity index (χ3n) is 2.84. The molecule has 0 amide bonds. The molecule has 2 N–H and O–H groups in total. The molecule has 0 saturated carbocycles. The van der Waals surface area contributed by atoms with Crippen molar-refractivity contribution in [1.29, 1.82) is 0 Å². The number of esters is 1. The van der Waals surface area contributed by atoms with Crippen molar-refractivity contribution in [2.75, 3.05) is 5.73 Å². The topological polar surface area (TPSA) is 83.0 Å². The van der Waals surface area contributed by atoms with Crippen molar-refractivity contribution in [3.05, 3.63) is 65.3 Å². The summed E-state index contributed by atoms with van der Waals surface area (Å²) < 4.78 is 6.63. The van der Waals surface area contributed by atoms with E-state index in [1.54, 1.807) is 42.6 Å². The molecule has 2 heterocycles. The fourth-order valence-corrected chi connectivity index (χ4v) is 2.07. The average molecular weight is 315 g/mol. The Morgan fingerprint density at radius 1 is 1.18 bits per heavy atom. The van der Waals surface area contributed by atoms with E-state index in [0.717, 1.165) is 0 Å². The lowest BCUT2D eigenvalue weighted by molar-refractivity contribution is 0.0723. The normalized spacial score (nSPS) is 10.4. The minimum absolute atomic E-state index is 0.145. The Bertz CT molecular complexity index is 817. The number of carbonyl (C=O) groups excluding carboxylic acids is 1. The van der Waals surface area contributed by atoms with Crippen molar-refractivity contribution in [1.82, 2.24) is 14.8 Å². The van der Waals surface area contributed by atoms with Gasteiger partial charge in [-0.3, -0.25) is 0 Å². The molecular formula is C15H11ClN4O2. The van der Waals surface area contributed by atoms with Crippen LogP contribution in [-0.4, -0.2) is 20.7 Å². The summed E-state index contributed by atoms with van der Waals surface area (Å²) in [4.78, 5) is 16.3. The first-order valence-corrected chi connectivity index (χ1v) is 6.76. The van der Waals surface area contributed by atoms with Gasteiger partial charge in [-0.2, -0.15) is 4.68 Å². The highest BCUT2D eigenvalue weighted by atomic mass is 35.5. The quantitative estimate of drug-likeness (QED) is 0.751. The molecule has 2 aromatic heterocycles. The van der Waals surface area contributed by atoms with Crippen molar-refractivity contribution < 1.29 is 9.53 Å². The number of nitrogens with zero attached hydrogens (tertiary/aromatic N) is 3. The molecule has 0 aliphatic rings. The minimum Gasteiger partial charge on any atom is -0.404 e. The zero-order valence-corrected chi connectivity index (χ0v) is 12.1. The van der Waals surface area contributed by atoms with E-state index >= 15 is 0 Å². The number of pyridine rings is 1. The standard InChI is InChI=1S/C15H11ClN4O2/c16-11-7-4-8-18-14(11)20-13(9-12(17)19-20)22-15(21)10-5-2-1-3-6-10/h1-9H,(H2,17,19). The molecule has 0 aliphatic heterocycles. The molecule has 0 bridgehead atoms. The van der Waals surface area contributed by atoms with Gasteiger partial charge in [0.25, 0.3) is 0 Å². The second kappa shape index (κ2) is 5.87. The van der Waals surface area contributed by atoms with Gasteiger partial charge in [-0.05, 0) is 24.3 Å². The third-order valence-corrected chi connectivity index (χ3v) is 3.14. The van der Waals surface area contributed by atoms with Crippen LogP contribution >= 0.6 is 11.6 Å². The zero-order chi connectivity index (χ0) is 15.5. The molecule has 6 nitrogen and oxygen atoms in total. The van der Waals surface area contributed by atoms with Gasteiger partial charge in [0.05, 0.1) is 10.6 Å². The second-order valence-corrected chi connectivity index (χ2v) is 4.79. The number of carbonyl (C=O) groups is 1. The predicted molar refractivity (Wildman–Crippen MR) is 82.2 cm³/mol. The van der Waals surface area contributed by atoms with Gasteiger partial charge >= 0.3 is 5.97 Å². The Morgan fingerprint density at radius 2 is 1.95 bits per heavy atom. The molecule has 3 rings (SSSR count). The first-order valence-electron chi connectivity index (χ1n) is 6.39. The first kappa shape index (κ1) is 14.1. The third kappa shape index (κ3) is 2.77. The summed E-state index contributed by atoms with van der Waals surface area (Å²) in [5.74, 6) is 0.148. The molecule has 3 aromatic rings. The van der Waals surface area contributed by atoms with Crippen molar-refractivity contribution in [2.24, 2.45) is 0 Å². The van der Waals surface area contributed by atoms with Crippen LogP contribution in [0, 0.1) is 0 Å². The Morgan fingerprint density at radius 3 is 2.68 bits per heavy atom. The summed E-state index contributed by atoms with van der Waals surface area (Å²) in [5.41, 5.74) is 6.10. The smallest absolute Gasteiger partial charge is 0.344 e. The zero-order valence-electron chi connectivity index (χ0n) is 11.3. The van der Waals surface area contributed by atoms with E-state index in [2.05, 4.69) is 10.1 Å². The van der Waals surface area contributed by atoms with E-state index in [-0.39, 0.29) is 11.7 Å². The Hall–Kier alpha value is -2.86. The molecular weight excluding hydrogens is 304 g/mol. The van der Waals surface area contributed by atoms with E-state index in [0.29, 0.717) is 16.4 Å². The number of nitrogens with two attached hydrogens (primary N) is 1. The lowest BCUT2D eigenvalue weighted by atomic mass is 10.2. The number of anilines is 1. The molecule has 0 saturated heterocycles. The van der Waals surface area contributed by atoms with Crippen LogP contribution in [0.5, 0.6) is 5.88 Å². The van der Waals surface area contributed by atoms with Gasteiger partial charge in [0.1, 0.15) is 5.82 Å². The maximum absolute atomic E-state index is 12.1. The van der Waals surface area contributed by atoms with Crippen LogP contribution in [-0.2, 0) is 0 Å². The Labute approximate surface area is 131 Å². The number of benzene rings is 1. The van der Waals surface area contributed by atoms with Gasteiger partial charge in [0, 0.05) is 12.3 Å². The van der Waals surface area contributed by atoms with Gasteiger partial charge in [0.2, 0.25) is 5.88 Å². The SMILES string of the molecule is Nc1cc(OC(=O)c2ccccc2)n(-c2ncccc2Cl)n1. The number of halogens is 1. The maximum atomic E-state index is 12.1. The largest absolute Gasteiger partial charge is 0.404 e. The number of hydrogen-bond donors (Lipinski definition) is 1. The number of aromatic nitrogens is 3. The van der Waals surface area contributed by atoms with Crippen LogP contribution < -0.4 is 10.5 Å². The molecule has 0 spiro atoms. The van der Waals surface area contributed by atoms with E-state index in [9.17, 15) is 4.79 Å². The lowest BCUT2D eigenvalue weighted by Crippen LogP contribution is -2.12. The van der Waals surface area contributed by atoms with Gasteiger partial charge in [-0.1, -0.05) is 29.8 Å². The predicted octanol–water partition coefficient (Wildman–Crippen LogP) is 2.72. The van der Waals surface area contributed by atoms with Crippen molar-refractivity contribution in [3.63, 3.8) is 0 Å². The molecule has 0 unspecified atom stereocenters. The fraction of sp³-hybridized carbons (Fsp3) is 0. The van der Waals surface area contributed by atoms with E-state index in [4.69, 9.17) is 22.1 Å². The number of hydrogen-bond acceptors (Lipinski definition) is 5. The van der Waals surface area contributed by atoms with Gasteiger partial charge < -0.3 is 10.5 Å². The van der Waals surface area contributed by atoms with Crippen LogP contribution in [0.2, 0.25) is 5.02 Å². The Kier molecular flexibility index (Phi) is 3.76. The number of nitrogen functional groups attached to an aromatic ring is 1. The first-order chi connectivity index (χ1) is 10.6. The second-order valence-electron chi connectivity index (χ2n) is 4.38. The summed E-state index contributed by atoms with van der Waals surface area (Å²) in [6.45, 7) is 0. The summed E-state index contributed by atoms with van der Waals surface area (Å²) in [5, 5.41) is 4.42. The number of rotatable bonds is 3. The van der Waals surface area contributed by atoms with Crippen molar-refractivity contribution in [2.45, 2.75) is 0 Å². The van der Waals surface area contributed by atoms with Gasteiger partial charge in [0.15, 0.2) is 5.82 Å². The molecule has 0 aliphatic carbocycles. The van der Waals surface area contributed by atoms with E-state index in [1.165, 1.54) is 10.7 Å². The van der Waals surface area contributed by atoms with E-state index in [1.807, 2.05) is 6.07 Å². The highest BCUT2D eigenvalue weighted by Gasteiger charge is 2.17. The molecule has 7 heteroatoms. The van der Waals surface area contributed by atoms with Crippen LogP contribution in [0.15, 0.2) is 54.7 Å². The minimum atomic E-state index is -0.520. The fourth-order valence-electron chi connectivity index (χ4n) is 1.87. The maximum Gasteiger partial charge on any atom is 0.344 e. The van der Waals surface area contributed by atoms with Crippen LogP contribution in [0.4, 0.5) is 5.82 Å². The summed E-state index contributed by atoms with van der Waals surface area (Å²) in [6, 6.07) is 13.4. The van der Waals surface area contributed by atoms with Gasteiger partial charge in [-0.15, -0.1) is 5.10 Å². The monoisotopic (exact) mass is 314 g/mol.